The molecule has 0 saturated carbocycles. The van der Waals surface area contributed by atoms with Crippen LogP contribution in [-0.2, 0) is 9.84 Å². The van der Waals surface area contributed by atoms with Crippen molar-refractivity contribution in [1.29, 1.82) is 0 Å². The molecule has 1 fully saturated rings. The van der Waals surface area contributed by atoms with Crippen LogP contribution >= 0.6 is 11.3 Å². The molecule has 0 aromatic carbocycles. The molecule has 0 bridgehead atoms. The second-order valence-electron chi connectivity index (χ2n) is 6.82. The van der Waals surface area contributed by atoms with Gasteiger partial charge in [-0.2, -0.15) is 0 Å². The van der Waals surface area contributed by atoms with Gasteiger partial charge in [0.15, 0.2) is 15.8 Å². The predicted molar refractivity (Wildman–Crippen MR) is 107 cm³/mol. The van der Waals surface area contributed by atoms with E-state index in [4.69, 9.17) is 0 Å². The minimum absolute atomic E-state index is 0.0566. The molecular weight excluding hydrogens is 372 g/mol. The number of thiophene rings is 1. The lowest BCUT2D eigenvalue weighted by Gasteiger charge is -2.39. The SMILES string of the molecule is CCNC(=NCCCNC(=O)c1cccs1)N1CCS(=O)(=O)C(C)(C)C1. The van der Waals surface area contributed by atoms with Gasteiger partial charge < -0.3 is 15.5 Å². The lowest BCUT2D eigenvalue weighted by Crippen LogP contribution is -2.57. The summed E-state index contributed by atoms with van der Waals surface area (Å²) in [6, 6.07) is 3.65. The van der Waals surface area contributed by atoms with Crippen molar-refractivity contribution >= 4 is 33.0 Å². The van der Waals surface area contributed by atoms with Crippen LogP contribution in [0.15, 0.2) is 22.5 Å². The fourth-order valence-electron chi connectivity index (χ4n) is 2.71. The first kappa shape index (κ1) is 20.7. The average Bonchev–Trinajstić information content (AvgIpc) is 3.10. The molecule has 9 heteroatoms. The van der Waals surface area contributed by atoms with Crippen LogP contribution in [0.3, 0.4) is 0 Å². The molecule has 1 aliphatic rings. The molecule has 1 amide bonds. The van der Waals surface area contributed by atoms with Gasteiger partial charge in [0.2, 0.25) is 0 Å². The Labute approximate surface area is 159 Å². The fraction of sp³-hybridized carbons (Fsp3) is 0.647. The van der Waals surface area contributed by atoms with Crippen molar-refractivity contribution in [3.63, 3.8) is 0 Å². The molecule has 0 aliphatic carbocycles. The number of rotatable bonds is 6. The Kier molecular flexibility index (Phi) is 7.05. The van der Waals surface area contributed by atoms with Gasteiger partial charge >= 0.3 is 0 Å². The van der Waals surface area contributed by atoms with Gasteiger partial charge in [-0.05, 0) is 38.6 Å². The maximum atomic E-state index is 12.2. The van der Waals surface area contributed by atoms with Gasteiger partial charge in [0.25, 0.3) is 5.91 Å². The number of nitrogens with one attached hydrogen (secondary N) is 2. The highest BCUT2D eigenvalue weighted by molar-refractivity contribution is 7.92. The Hall–Kier alpha value is -1.61. The Morgan fingerprint density at radius 2 is 2.15 bits per heavy atom. The number of nitrogens with zero attached hydrogens (tertiary/aromatic N) is 2. The topological polar surface area (TPSA) is 90.9 Å². The van der Waals surface area contributed by atoms with Crippen molar-refractivity contribution in [3.05, 3.63) is 22.4 Å². The second kappa shape index (κ2) is 8.85. The molecule has 2 heterocycles. The molecule has 146 valence electrons. The van der Waals surface area contributed by atoms with Crippen LogP contribution < -0.4 is 10.6 Å². The van der Waals surface area contributed by atoms with Crippen molar-refractivity contribution in [2.75, 3.05) is 38.5 Å². The first-order valence-electron chi connectivity index (χ1n) is 8.84. The molecule has 2 rings (SSSR count). The number of carbonyl (C=O) groups is 1. The minimum atomic E-state index is -3.07. The first-order chi connectivity index (χ1) is 12.3. The van der Waals surface area contributed by atoms with Crippen LogP contribution in [0.25, 0.3) is 0 Å². The maximum Gasteiger partial charge on any atom is 0.261 e. The molecule has 0 radical (unpaired) electrons. The van der Waals surface area contributed by atoms with Gasteiger partial charge in [-0.1, -0.05) is 6.07 Å². The highest BCUT2D eigenvalue weighted by Crippen LogP contribution is 2.23. The van der Waals surface area contributed by atoms with E-state index in [1.807, 2.05) is 23.3 Å². The van der Waals surface area contributed by atoms with Crippen molar-refractivity contribution in [2.45, 2.75) is 31.9 Å². The zero-order chi connectivity index (χ0) is 19.2. The molecular formula is C17H28N4O3S2. The largest absolute Gasteiger partial charge is 0.357 e. The standard InChI is InChI=1S/C17H28N4O3S2/c1-4-18-16(21-10-12-26(23,24)17(2,3)13-21)20-9-6-8-19-15(22)14-7-5-11-25-14/h5,7,11H,4,6,8-10,12-13H2,1-3H3,(H,18,20)(H,19,22). The number of hydrogen-bond acceptors (Lipinski definition) is 5. The van der Waals surface area contributed by atoms with E-state index in [1.54, 1.807) is 19.9 Å². The van der Waals surface area contributed by atoms with E-state index < -0.39 is 14.6 Å². The van der Waals surface area contributed by atoms with Crippen LogP contribution in [0.5, 0.6) is 0 Å². The molecule has 7 nitrogen and oxygen atoms in total. The van der Waals surface area contributed by atoms with E-state index in [0.29, 0.717) is 31.1 Å². The summed E-state index contributed by atoms with van der Waals surface area (Å²) in [5, 5.41) is 8.00. The molecule has 1 aliphatic heterocycles. The summed E-state index contributed by atoms with van der Waals surface area (Å²) in [5.74, 6) is 0.820. The fourth-order valence-corrected chi connectivity index (χ4v) is 4.72. The highest BCUT2D eigenvalue weighted by Gasteiger charge is 2.40. The van der Waals surface area contributed by atoms with Crippen LogP contribution in [0.1, 0.15) is 36.9 Å². The second-order valence-corrected chi connectivity index (χ2v) is 10.5. The van der Waals surface area contributed by atoms with Crippen molar-refractivity contribution < 1.29 is 13.2 Å². The summed E-state index contributed by atoms with van der Waals surface area (Å²) in [6.45, 7) is 8.23. The minimum Gasteiger partial charge on any atom is -0.357 e. The first-order valence-corrected chi connectivity index (χ1v) is 11.4. The number of aliphatic imine (C=N–C) groups is 1. The Bertz CT molecular complexity index is 727. The summed E-state index contributed by atoms with van der Waals surface area (Å²) in [5.41, 5.74) is 0. The van der Waals surface area contributed by atoms with Crippen LogP contribution in [-0.4, -0.2) is 68.4 Å². The molecule has 2 N–H and O–H groups in total. The van der Waals surface area contributed by atoms with Gasteiger partial charge in [0.1, 0.15) is 0 Å². The third kappa shape index (κ3) is 5.20. The smallest absolute Gasteiger partial charge is 0.261 e. The molecule has 1 aromatic rings. The third-order valence-corrected chi connectivity index (χ3v) is 7.71. The number of carbonyl (C=O) groups excluding carboxylic acids is 1. The summed E-state index contributed by atoms with van der Waals surface area (Å²) in [6.07, 6.45) is 0.724. The molecule has 26 heavy (non-hydrogen) atoms. The number of guanidine groups is 1. The number of amides is 1. The van der Waals surface area contributed by atoms with E-state index in [1.165, 1.54) is 11.3 Å². The monoisotopic (exact) mass is 400 g/mol. The summed E-state index contributed by atoms with van der Waals surface area (Å²) < 4.78 is 23.5. The van der Waals surface area contributed by atoms with Crippen molar-refractivity contribution in [1.82, 2.24) is 15.5 Å². The quantitative estimate of drug-likeness (QED) is 0.427. The Morgan fingerprint density at radius 3 is 2.77 bits per heavy atom. The highest BCUT2D eigenvalue weighted by atomic mass is 32.2. The van der Waals surface area contributed by atoms with E-state index in [2.05, 4.69) is 15.6 Å². The summed E-state index contributed by atoms with van der Waals surface area (Å²) in [7, 11) is -3.07. The molecule has 1 saturated heterocycles. The van der Waals surface area contributed by atoms with Crippen molar-refractivity contribution in [2.24, 2.45) is 4.99 Å². The van der Waals surface area contributed by atoms with E-state index in [0.717, 1.165) is 18.9 Å². The average molecular weight is 401 g/mol. The van der Waals surface area contributed by atoms with Gasteiger partial charge in [-0.15, -0.1) is 11.3 Å². The van der Waals surface area contributed by atoms with Crippen LogP contribution in [0.2, 0.25) is 0 Å². The van der Waals surface area contributed by atoms with E-state index >= 15 is 0 Å². The lowest BCUT2D eigenvalue weighted by atomic mass is 10.2. The van der Waals surface area contributed by atoms with Crippen molar-refractivity contribution in [3.8, 4) is 0 Å². The Balaban J connectivity index is 1.86. The van der Waals surface area contributed by atoms with Gasteiger partial charge in [-0.3, -0.25) is 9.79 Å². The third-order valence-electron chi connectivity index (χ3n) is 4.30. The molecule has 0 atom stereocenters. The van der Waals surface area contributed by atoms with E-state index in [-0.39, 0.29) is 11.7 Å². The van der Waals surface area contributed by atoms with Gasteiger partial charge in [0.05, 0.1) is 15.4 Å². The molecule has 0 spiro atoms. The number of hydrogen-bond donors (Lipinski definition) is 2. The summed E-state index contributed by atoms with van der Waals surface area (Å²) >= 11 is 1.42. The predicted octanol–water partition coefficient (Wildman–Crippen LogP) is 1.34. The van der Waals surface area contributed by atoms with E-state index in [9.17, 15) is 13.2 Å². The van der Waals surface area contributed by atoms with Crippen LogP contribution in [0, 0.1) is 0 Å². The van der Waals surface area contributed by atoms with Gasteiger partial charge in [-0.25, -0.2) is 8.42 Å². The molecule has 1 aromatic heterocycles. The van der Waals surface area contributed by atoms with Crippen LogP contribution in [0.4, 0.5) is 0 Å². The normalized spacial score (nSPS) is 19.2. The number of sulfone groups is 1. The zero-order valence-corrected chi connectivity index (χ0v) is 17.3. The Morgan fingerprint density at radius 1 is 1.38 bits per heavy atom. The zero-order valence-electron chi connectivity index (χ0n) is 15.6. The van der Waals surface area contributed by atoms with Gasteiger partial charge in [0, 0.05) is 32.7 Å². The lowest BCUT2D eigenvalue weighted by molar-refractivity contribution is 0.0957. The molecule has 0 unspecified atom stereocenters. The maximum absolute atomic E-state index is 12.2. The summed E-state index contributed by atoms with van der Waals surface area (Å²) in [4.78, 5) is 19.2.